The van der Waals surface area contributed by atoms with E-state index in [2.05, 4.69) is 5.32 Å². The smallest absolute Gasteiger partial charge is 0.307 e. The van der Waals surface area contributed by atoms with Crippen LogP contribution in [0.2, 0.25) is 0 Å². The van der Waals surface area contributed by atoms with Gasteiger partial charge in [-0.25, -0.2) is 0 Å². The first-order valence-corrected chi connectivity index (χ1v) is 8.46. The Morgan fingerprint density at radius 1 is 1.08 bits per heavy atom. The van der Waals surface area contributed by atoms with Crippen LogP contribution in [-0.2, 0) is 20.7 Å². The van der Waals surface area contributed by atoms with Gasteiger partial charge in [0.25, 0.3) is 5.91 Å². The Kier molecular flexibility index (Phi) is 4.01. The molecule has 3 atom stereocenters. The predicted molar refractivity (Wildman–Crippen MR) is 92.4 cm³/mol. The molecule has 2 aromatic rings. The van der Waals surface area contributed by atoms with Gasteiger partial charge >= 0.3 is 5.97 Å². The van der Waals surface area contributed by atoms with E-state index in [1.165, 1.54) is 0 Å². The van der Waals surface area contributed by atoms with Crippen molar-refractivity contribution in [3.63, 3.8) is 0 Å². The summed E-state index contributed by atoms with van der Waals surface area (Å²) in [4.78, 5) is 23.6. The molecule has 1 fully saturated rings. The van der Waals surface area contributed by atoms with Crippen molar-refractivity contribution in [3.8, 4) is 0 Å². The molecule has 128 valence electrons. The minimum absolute atomic E-state index is 0.0933. The van der Waals surface area contributed by atoms with Crippen molar-refractivity contribution in [2.45, 2.75) is 24.9 Å². The highest BCUT2D eigenvalue weighted by atomic mass is 16.5. The molecule has 0 saturated heterocycles. The summed E-state index contributed by atoms with van der Waals surface area (Å²) in [6.45, 7) is 0.534. The monoisotopic (exact) mass is 337 g/mol. The maximum absolute atomic E-state index is 12.6. The van der Waals surface area contributed by atoms with Gasteiger partial charge in [-0.15, -0.1) is 0 Å². The van der Waals surface area contributed by atoms with Crippen LogP contribution in [0.15, 0.2) is 48.5 Å². The number of fused-ring (bicyclic) bond motifs is 1. The summed E-state index contributed by atoms with van der Waals surface area (Å²) < 4.78 is 5.67. The molecule has 0 radical (unpaired) electrons. The van der Waals surface area contributed by atoms with Crippen molar-refractivity contribution >= 4 is 17.6 Å². The quantitative estimate of drug-likeness (QED) is 0.899. The number of ether oxygens (including phenoxy) is 1. The van der Waals surface area contributed by atoms with Gasteiger partial charge in [0.05, 0.1) is 12.5 Å². The molecule has 5 nitrogen and oxygen atoms in total. The van der Waals surface area contributed by atoms with Gasteiger partial charge in [-0.2, -0.15) is 0 Å². The number of hydrogen-bond donors (Lipinski definition) is 2. The molecule has 0 bridgehead atoms. The number of nitrogens with one attached hydrogen (secondary N) is 1. The number of hydrogen-bond acceptors (Lipinski definition) is 3. The van der Waals surface area contributed by atoms with Crippen molar-refractivity contribution in [1.82, 2.24) is 0 Å². The van der Waals surface area contributed by atoms with Gasteiger partial charge in [-0.05, 0) is 47.6 Å². The van der Waals surface area contributed by atoms with Crippen LogP contribution in [0.1, 0.15) is 35.1 Å². The van der Waals surface area contributed by atoms with E-state index < -0.39 is 12.1 Å². The number of rotatable bonds is 4. The topological polar surface area (TPSA) is 75.6 Å². The Morgan fingerprint density at radius 3 is 2.56 bits per heavy atom. The molecule has 1 amide bonds. The molecule has 2 aliphatic rings. The average molecular weight is 337 g/mol. The highest BCUT2D eigenvalue weighted by Gasteiger charge is 2.44. The van der Waals surface area contributed by atoms with Crippen LogP contribution in [0.4, 0.5) is 5.69 Å². The number of carboxylic acids is 1. The molecule has 5 heteroatoms. The van der Waals surface area contributed by atoms with Gasteiger partial charge in [0, 0.05) is 5.69 Å². The third-order valence-corrected chi connectivity index (χ3v) is 4.95. The first-order valence-electron chi connectivity index (χ1n) is 8.46. The maximum atomic E-state index is 12.6. The fourth-order valence-corrected chi connectivity index (χ4v) is 3.47. The van der Waals surface area contributed by atoms with Gasteiger partial charge in [0.1, 0.15) is 0 Å². The van der Waals surface area contributed by atoms with E-state index in [0.29, 0.717) is 18.7 Å². The van der Waals surface area contributed by atoms with Crippen molar-refractivity contribution in [2.24, 2.45) is 5.92 Å². The molecule has 1 aliphatic carbocycles. The highest BCUT2D eigenvalue weighted by molar-refractivity contribution is 5.95. The lowest BCUT2D eigenvalue weighted by Gasteiger charge is -2.25. The van der Waals surface area contributed by atoms with Crippen LogP contribution >= 0.6 is 0 Å². The third kappa shape index (κ3) is 3.15. The molecule has 0 aromatic heterocycles. The van der Waals surface area contributed by atoms with Crippen molar-refractivity contribution in [2.75, 3.05) is 11.9 Å². The lowest BCUT2D eigenvalue weighted by atomic mass is 9.97. The lowest BCUT2D eigenvalue weighted by Crippen LogP contribution is -2.28. The normalized spacial score (nSPS) is 24.2. The molecule has 1 aliphatic heterocycles. The highest BCUT2D eigenvalue weighted by Crippen LogP contribution is 2.47. The van der Waals surface area contributed by atoms with E-state index in [0.717, 1.165) is 23.1 Å². The molecular weight excluding hydrogens is 318 g/mol. The van der Waals surface area contributed by atoms with E-state index in [4.69, 9.17) is 9.84 Å². The SMILES string of the molecule is O=C(Nc1ccc([C@@H]2C[C@H]2C(=O)O)cc1)C1OCCc2ccccc21. The number of carbonyl (C=O) groups is 2. The molecule has 1 heterocycles. The number of anilines is 1. The van der Waals surface area contributed by atoms with E-state index in [1.54, 1.807) is 0 Å². The van der Waals surface area contributed by atoms with E-state index >= 15 is 0 Å². The summed E-state index contributed by atoms with van der Waals surface area (Å²) in [6.07, 6.45) is 0.915. The number of benzene rings is 2. The fraction of sp³-hybridized carbons (Fsp3) is 0.300. The molecule has 2 N–H and O–H groups in total. The van der Waals surface area contributed by atoms with Gasteiger partial charge in [0.2, 0.25) is 0 Å². The van der Waals surface area contributed by atoms with Crippen molar-refractivity contribution < 1.29 is 19.4 Å². The van der Waals surface area contributed by atoms with Gasteiger partial charge in [0.15, 0.2) is 6.10 Å². The maximum Gasteiger partial charge on any atom is 0.307 e. The average Bonchev–Trinajstić information content (AvgIpc) is 3.43. The molecule has 0 spiro atoms. The van der Waals surface area contributed by atoms with E-state index in [9.17, 15) is 9.59 Å². The van der Waals surface area contributed by atoms with Crippen LogP contribution < -0.4 is 5.32 Å². The van der Waals surface area contributed by atoms with Crippen LogP contribution in [0.3, 0.4) is 0 Å². The number of carboxylic acid groups (broad SMARTS) is 1. The van der Waals surface area contributed by atoms with Gasteiger partial charge < -0.3 is 15.2 Å². The third-order valence-electron chi connectivity index (χ3n) is 4.95. The summed E-state index contributed by atoms with van der Waals surface area (Å²) in [5.74, 6) is -1.10. The molecule has 25 heavy (non-hydrogen) atoms. The Bertz CT molecular complexity index is 815. The van der Waals surface area contributed by atoms with E-state index in [-0.39, 0.29) is 17.7 Å². The van der Waals surface area contributed by atoms with Crippen molar-refractivity contribution in [3.05, 3.63) is 65.2 Å². The molecule has 1 saturated carbocycles. The number of amides is 1. The van der Waals surface area contributed by atoms with E-state index in [1.807, 2.05) is 48.5 Å². The largest absolute Gasteiger partial charge is 0.481 e. The Balaban J connectivity index is 1.44. The van der Waals surface area contributed by atoms with Gasteiger partial charge in [-0.1, -0.05) is 36.4 Å². The molecule has 1 unspecified atom stereocenters. The fourth-order valence-electron chi connectivity index (χ4n) is 3.47. The zero-order valence-corrected chi connectivity index (χ0v) is 13.6. The first-order chi connectivity index (χ1) is 12.1. The lowest BCUT2D eigenvalue weighted by molar-refractivity contribution is -0.138. The molecule has 2 aromatic carbocycles. The minimum Gasteiger partial charge on any atom is -0.481 e. The zero-order valence-electron chi connectivity index (χ0n) is 13.6. The number of aliphatic carboxylic acids is 1. The first kappa shape index (κ1) is 15.8. The van der Waals surface area contributed by atoms with Crippen LogP contribution in [-0.4, -0.2) is 23.6 Å². The summed E-state index contributed by atoms with van der Waals surface area (Å²) in [7, 11) is 0. The summed E-state index contributed by atoms with van der Waals surface area (Å²) in [5, 5.41) is 11.9. The minimum atomic E-state index is -0.740. The van der Waals surface area contributed by atoms with Crippen LogP contribution in [0, 0.1) is 5.92 Å². The van der Waals surface area contributed by atoms with Crippen LogP contribution in [0.5, 0.6) is 0 Å². The zero-order chi connectivity index (χ0) is 17.4. The summed E-state index contributed by atoms with van der Waals surface area (Å²) in [6, 6.07) is 15.3. The molecule has 4 rings (SSSR count). The van der Waals surface area contributed by atoms with Crippen molar-refractivity contribution in [1.29, 1.82) is 0 Å². The Morgan fingerprint density at radius 2 is 1.84 bits per heavy atom. The Hall–Kier alpha value is -2.66. The van der Waals surface area contributed by atoms with Gasteiger partial charge in [-0.3, -0.25) is 9.59 Å². The Labute approximate surface area is 145 Å². The number of carbonyl (C=O) groups excluding carboxylic acids is 1. The predicted octanol–water partition coefficient (Wildman–Crippen LogP) is 3.13. The van der Waals surface area contributed by atoms with Crippen LogP contribution in [0.25, 0.3) is 0 Å². The summed E-state index contributed by atoms with van der Waals surface area (Å²) >= 11 is 0. The second kappa shape index (κ2) is 6.33. The summed E-state index contributed by atoms with van der Waals surface area (Å²) in [5.41, 5.74) is 3.76. The second-order valence-corrected chi connectivity index (χ2v) is 6.60. The molecular formula is C20H19NO4. The standard InChI is InChI=1S/C20H19NO4/c22-19(18-15-4-2-1-3-12(15)9-10-25-18)21-14-7-5-13(6-8-14)16-11-17(16)20(23)24/h1-8,16-18H,9-11H2,(H,21,22)(H,23,24)/t16-,17+,18?/m0/s1. The second-order valence-electron chi connectivity index (χ2n) is 6.60.